The molecular formula is C16H14N2O4S. The van der Waals surface area contributed by atoms with Gasteiger partial charge in [0, 0.05) is 5.56 Å². The summed E-state index contributed by atoms with van der Waals surface area (Å²) in [6.07, 6.45) is -0.385. The molecule has 0 spiro atoms. The van der Waals surface area contributed by atoms with Crippen LogP contribution in [0.15, 0.2) is 46.9 Å². The van der Waals surface area contributed by atoms with Crippen molar-refractivity contribution < 1.29 is 19.5 Å². The van der Waals surface area contributed by atoms with E-state index in [9.17, 15) is 14.4 Å². The maximum absolute atomic E-state index is 11.9. The van der Waals surface area contributed by atoms with Gasteiger partial charge in [0.2, 0.25) is 0 Å². The van der Waals surface area contributed by atoms with Gasteiger partial charge in [-0.15, -0.1) is 11.3 Å². The maximum Gasteiger partial charge on any atom is 0.352 e. The Labute approximate surface area is 136 Å². The number of aliphatic carboxylic acids is 1. The highest BCUT2D eigenvalue weighted by molar-refractivity contribution is 7.12. The minimum atomic E-state index is -1.35. The molecule has 2 N–H and O–H groups in total. The number of nitrogens with zero attached hydrogens (tertiary/aromatic N) is 1. The number of benzene rings is 1. The molecule has 0 radical (unpaired) electrons. The van der Waals surface area contributed by atoms with Crippen LogP contribution in [0.1, 0.15) is 32.0 Å². The van der Waals surface area contributed by atoms with E-state index in [-0.39, 0.29) is 12.2 Å². The Bertz CT molecular complexity index is 749. The molecule has 0 aliphatic heterocycles. The zero-order valence-corrected chi connectivity index (χ0v) is 13.1. The first-order valence-electron chi connectivity index (χ1n) is 6.71. The number of rotatable bonds is 6. The molecule has 6 nitrogen and oxygen atoms in total. The smallest absolute Gasteiger partial charge is 0.352 e. The number of thiophene rings is 1. The van der Waals surface area contributed by atoms with E-state index in [0.29, 0.717) is 10.4 Å². The second-order valence-corrected chi connectivity index (χ2v) is 5.70. The topological polar surface area (TPSA) is 95.8 Å². The Morgan fingerprint density at radius 2 is 1.87 bits per heavy atom. The Morgan fingerprint density at radius 1 is 1.17 bits per heavy atom. The van der Waals surface area contributed by atoms with Crippen LogP contribution in [0, 0.1) is 6.92 Å². The summed E-state index contributed by atoms with van der Waals surface area (Å²) in [6.45, 7) is 1.89. The normalized spacial score (nSPS) is 11.1. The zero-order valence-electron chi connectivity index (χ0n) is 12.3. The second kappa shape index (κ2) is 7.46. The van der Waals surface area contributed by atoms with Gasteiger partial charge in [-0.3, -0.25) is 9.59 Å². The van der Waals surface area contributed by atoms with Gasteiger partial charge >= 0.3 is 5.97 Å². The summed E-state index contributed by atoms with van der Waals surface area (Å²) >= 11 is 1.22. The fourth-order valence-electron chi connectivity index (χ4n) is 1.73. The van der Waals surface area contributed by atoms with Crippen molar-refractivity contribution in [3.8, 4) is 0 Å². The van der Waals surface area contributed by atoms with Gasteiger partial charge in [0.25, 0.3) is 5.91 Å². The van der Waals surface area contributed by atoms with Crippen LogP contribution in [-0.4, -0.2) is 28.5 Å². The first-order valence-corrected chi connectivity index (χ1v) is 7.59. The molecule has 0 aliphatic rings. The molecule has 0 saturated heterocycles. The average molecular weight is 330 g/mol. The van der Waals surface area contributed by atoms with Gasteiger partial charge in [-0.25, -0.2) is 10.2 Å². The van der Waals surface area contributed by atoms with Crippen LogP contribution in [-0.2, 0) is 4.79 Å². The van der Waals surface area contributed by atoms with Gasteiger partial charge in [0.1, 0.15) is 0 Å². The third-order valence-corrected chi connectivity index (χ3v) is 3.89. The molecule has 1 aromatic heterocycles. The molecule has 0 atom stereocenters. The predicted molar refractivity (Wildman–Crippen MR) is 87.0 cm³/mol. The minimum Gasteiger partial charge on any atom is -0.477 e. The molecule has 118 valence electrons. The van der Waals surface area contributed by atoms with Gasteiger partial charge in [-0.1, -0.05) is 23.8 Å². The Kier molecular flexibility index (Phi) is 5.37. The molecule has 0 fully saturated rings. The lowest BCUT2D eigenvalue weighted by Gasteiger charge is -2.03. The van der Waals surface area contributed by atoms with Gasteiger partial charge in [0.15, 0.2) is 11.5 Å². The van der Waals surface area contributed by atoms with E-state index in [4.69, 9.17) is 5.11 Å². The number of carboxylic acid groups (broad SMARTS) is 1. The van der Waals surface area contributed by atoms with Gasteiger partial charge in [0.05, 0.1) is 11.3 Å². The molecule has 1 amide bonds. The lowest BCUT2D eigenvalue weighted by atomic mass is 10.1. The highest BCUT2D eigenvalue weighted by atomic mass is 32.1. The lowest BCUT2D eigenvalue weighted by molar-refractivity contribution is -0.129. The van der Waals surface area contributed by atoms with Gasteiger partial charge < -0.3 is 5.11 Å². The number of amides is 1. The van der Waals surface area contributed by atoms with E-state index >= 15 is 0 Å². The number of hydrazone groups is 1. The number of hydrogen-bond acceptors (Lipinski definition) is 5. The van der Waals surface area contributed by atoms with Crippen LogP contribution in [0.25, 0.3) is 0 Å². The fraction of sp³-hybridized carbons (Fsp3) is 0.125. The van der Waals surface area contributed by atoms with E-state index in [2.05, 4.69) is 10.5 Å². The van der Waals surface area contributed by atoms with Crippen LogP contribution in [0.4, 0.5) is 0 Å². The van der Waals surface area contributed by atoms with Crippen molar-refractivity contribution in [3.63, 3.8) is 0 Å². The Hall–Kier alpha value is -2.80. The molecule has 7 heteroatoms. The van der Waals surface area contributed by atoms with Crippen molar-refractivity contribution in [2.45, 2.75) is 13.3 Å². The second-order valence-electron chi connectivity index (χ2n) is 4.75. The van der Waals surface area contributed by atoms with E-state index in [0.717, 1.165) is 5.56 Å². The highest BCUT2D eigenvalue weighted by Gasteiger charge is 2.17. The third kappa shape index (κ3) is 4.58. The summed E-state index contributed by atoms with van der Waals surface area (Å²) < 4.78 is 0. The molecular weight excluding hydrogens is 316 g/mol. The van der Waals surface area contributed by atoms with Crippen molar-refractivity contribution in [1.29, 1.82) is 0 Å². The molecule has 2 aromatic rings. The summed E-state index contributed by atoms with van der Waals surface area (Å²) in [7, 11) is 0. The van der Waals surface area contributed by atoms with Crippen molar-refractivity contribution >= 4 is 34.7 Å². The standard InChI is InChI=1S/C16H14N2O4S/c1-10-4-6-11(7-5-10)15(20)18-17-12(16(21)22)9-13(19)14-3-2-8-23-14/h2-8H,9H2,1H3,(H,18,20)(H,21,22). The van der Waals surface area contributed by atoms with Crippen LogP contribution in [0.2, 0.25) is 0 Å². The van der Waals surface area contributed by atoms with Crippen molar-refractivity contribution in [1.82, 2.24) is 5.43 Å². The highest BCUT2D eigenvalue weighted by Crippen LogP contribution is 2.11. The van der Waals surface area contributed by atoms with Crippen LogP contribution in [0.3, 0.4) is 0 Å². The van der Waals surface area contributed by atoms with Crippen molar-refractivity contribution in [2.75, 3.05) is 0 Å². The third-order valence-electron chi connectivity index (χ3n) is 2.98. The number of Topliss-reactive ketones (excluding diaryl/α,β-unsaturated/α-hetero) is 1. The van der Waals surface area contributed by atoms with Crippen LogP contribution >= 0.6 is 11.3 Å². The Morgan fingerprint density at radius 3 is 2.43 bits per heavy atom. The number of aryl methyl sites for hydroxylation is 1. The molecule has 23 heavy (non-hydrogen) atoms. The van der Waals surface area contributed by atoms with E-state index < -0.39 is 17.6 Å². The maximum atomic E-state index is 11.9. The molecule has 0 unspecified atom stereocenters. The summed E-state index contributed by atoms with van der Waals surface area (Å²) in [5, 5.41) is 14.4. The summed E-state index contributed by atoms with van der Waals surface area (Å²) in [5.74, 6) is -2.24. The quantitative estimate of drug-likeness (QED) is 0.483. The van der Waals surface area contributed by atoms with Crippen molar-refractivity contribution in [3.05, 3.63) is 57.8 Å². The van der Waals surface area contributed by atoms with Gasteiger partial charge in [-0.05, 0) is 30.5 Å². The SMILES string of the molecule is Cc1ccc(C(=O)NN=C(CC(=O)c2cccs2)C(=O)O)cc1. The van der Waals surface area contributed by atoms with Crippen LogP contribution in [0.5, 0.6) is 0 Å². The molecule has 1 heterocycles. The largest absolute Gasteiger partial charge is 0.477 e. The Balaban J connectivity index is 2.07. The number of nitrogens with one attached hydrogen (secondary N) is 1. The van der Waals surface area contributed by atoms with Gasteiger partial charge in [-0.2, -0.15) is 5.10 Å². The monoisotopic (exact) mass is 330 g/mol. The molecule has 0 aliphatic carbocycles. The zero-order chi connectivity index (χ0) is 16.8. The summed E-state index contributed by atoms with van der Waals surface area (Å²) in [5.41, 5.74) is 3.11. The molecule has 2 rings (SSSR count). The molecule has 0 bridgehead atoms. The average Bonchev–Trinajstić information content (AvgIpc) is 3.05. The lowest BCUT2D eigenvalue weighted by Crippen LogP contribution is -2.25. The number of hydrogen-bond donors (Lipinski definition) is 2. The molecule has 0 saturated carbocycles. The van der Waals surface area contributed by atoms with Crippen LogP contribution < -0.4 is 5.43 Å². The van der Waals surface area contributed by atoms with E-state index in [1.165, 1.54) is 11.3 Å². The number of carboxylic acids is 1. The predicted octanol–water partition coefficient (Wildman–Crippen LogP) is 2.50. The minimum absolute atomic E-state index is 0.355. The number of carbonyl (C=O) groups excluding carboxylic acids is 2. The fourth-order valence-corrected chi connectivity index (χ4v) is 2.39. The summed E-state index contributed by atoms with van der Waals surface area (Å²) in [6, 6.07) is 10.1. The number of ketones is 1. The first kappa shape index (κ1) is 16.6. The molecule has 1 aromatic carbocycles. The number of carbonyl (C=O) groups is 3. The first-order chi connectivity index (χ1) is 11.0. The van der Waals surface area contributed by atoms with E-state index in [1.807, 2.05) is 6.92 Å². The van der Waals surface area contributed by atoms with E-state index in [1.54, 1.807) is 41.8 Å². The summed E-state index contributed by atoms with van der Waals surface area (Å²) in [4.78, 5) is 35.4. The van der Waals surface area contributed by atoms with Crippen molar-refractivity contribution in [2.24, 2.45) is 5.10 Å².